The smallest absolute Gasteiger partial charge is 0.358 e. The van der Waals surface area contributed by atoms with Crippen LogP contribution in [-0.2, 0) is 6.42 Å². The van der Waals surface area contributed by atoms with E-state index in [-0.39, 0.29) is 22.7 Å². The molecule has 1 N–H and O–H groups in total. The summed E-state index contributed by atoms with van der Waals surface area (Å²) in [7, 11) is 0. The first kappa shape index (κ1) is 9.89. The van der Waals surface area contributed by atoms with Crippen LogP contribution in [0.1, 0.15) is 46.9 Å². The summed E-state index contributed by atoms with van der Waals surface area (Å²) in [5.41, 5.74) is 0.0784. The fourth-order valence-corrected chi connectivity index (χ4v) is 1.92. The average molecular weight is 209 g/mol. The van der Waals surface area contributed by atoms with Crippen molar-refractivity contribution in [1.29, 1.82) is 0 Å². The van der Waals surface area contributed by atoms with Crippen LogP contribution in [0.3, 0.4) is 0 Å². The van der Waals surface area contributed by atoms with Gasteiger partial charge in [-0.2, -0.15) is 0 Å². The van der Waals surface area contributed by atoms with Gasteiger partial charge >= 0.3 is 5.97 Å². The number of aromatic nitrogens is 1. The van der Waals surface area contributed by atoms with Crippen LogP contribution in [0.2, 0.25) is 0 Å². The number of carbonyl (C=O) groups excluding carboxylic acids is 1. The molecule has 15 heavy (non-hydrogen) atoms. The summed E-state index contributed by atoms with van der Waals surface area (Å²) in [6.07, 6.45) is 0.882. The minimum absolute atomic E-state index is 0.117. The summed E-state index contributed by atoms with van der Waals surface area (Å²) in [6, 6.07) is 0. The molecule has 0 aliphatic heterocycles. The number of Topliss-reactive ketones (excluding diaryl/α,β-unsaturated/α-hetero) is 1. The normalized spacial score (nSPS) is 18.7. The Morgan fingerprint density at radius 2 is 2.13 bits per heavy atom. The molecule has 5 heteroatoms. The van der Waals surface area contributed by atoms with Gasteiger partial charge in [0.1, 0.15) is 0 Å². The predicted molar refractivity (Wildman–Crippen MR) is 49.9 cm³/mol. The Labute approximate surface area is 86.1 Å². The first-order valence-electron chi connectivity index (χ1n) is 4.66. The molecule has 0 radical (unpaired) electrons. The topological polar surface area (TPSA) is 80.4 Å². The molecule has 1 aromatic rings. The quantitative estimate of drug-likeness (QED) is 0.758. The van der Waals surface area contributed by atoms with E-state index < -0.39 is 5.97 Å². The number of carboxylic acids is 1. The monoisotopic (exact) mass is 209 g/mol. The number of nitrogens with zero attached hydrogens (tertiary/aromatic N) is 1. The maximum absolute atomic E-state index is 11.6. The van der Waals surface area contributed by atoms with Crippen molar-refractivity contribution in [2.75, 3.05) is 0 Å². The summed E-state index contributed by atoms with van der Waals surface area (Å²) in [4.78, 5) is 22.4. The highest BCUT2D eigenvalue weighted by Gasteiger charge is 2.37. The fourth-order valence-electron chi connectivity index (χ4n) is 1.92. The van der Waals surface area contributed by atoms with Crippen molar-refractivity contribution < 1.29 is 19.2 Å². The minimum atomic E-state index is -1.15. The highest BCUT2D eigenvalue weighted by molar-refractivity contribution is 5.99. The van der Waals surface area contributed by atoms with Crippen LogP contribution in [0.15, 0.2) is 4.52 Å². The van der Waals surface area contributed by atoms with Gasteiger partial charge < -0.3 is 9.63 Å². The molecule has 5 nitrogen and oxygen atoms in total. The summed E-state index contributed by atoms with van der Waals surface area (Å²) in [5.74, 6) is -1.20. The molecule has 0 unspecified atom stereocenters. The Hall–Kier alpha value is -1.65. The van der Waals surface area contributed by atoms with Crippen molar-refractivity contribution in [3.8, 4) is 0 Å². The zero-order chi connectivity index (χ0) is 11.2. The fraction of sp³-hybridized carbons (Fsp3) is 0.500. The first-order chi connectivity index (χ1) is 6.91. The number of hydrogen-bond acceptors (Lipinski definition) is 4. The van der Waals surface area contributed by atoms with Gasteiger partial charge in [0, 0.05) is 12.0 Å². The van der Waals surface area contributed by atoms with Gasteiger partial charge in [0.15, 0.2) is 5.69 Å². The number of rotatable bonds is 1. The molecule has 0 aromatic carbocycles. The van der Waals surface area contributed by atoms with Gasteiger partial charge in [0.2, 0.25) is 11.5 Å². The van der Waals surface area contributed by atoms with Crippen molar-refractivity contribution in [2.24, 2.45) is 5.41 Å². The van der Waals surface area contributed by atoms with Crippen LogP contribution >= 0.6 is 0 Å². The highest BCUT2D eigenvalue weighted by Crippen LogP contribution is 2.36. The maximum Gasteiger partial charge on any atom is 0.358 e. The Bertz CT molecular complexity index is 431. The minimum Gasteiger partial charge on any atom is -0.476 e. The van der Waals surface area contributed by atoms with Gasteiger partial charge in [-0.25, -0.2) is 4.79 Å². The van der Waals surface area contributed by atoms with Gasteiger partial charge in [-0.15, -0.1) is 0 Å². The zero-order valence-corrected chi connectivity index (χ0v) is 8.53. The molecule has 0 saturated heterocycles. The van der Waals surface area contributed by atoms with Gasteiger partial charge in [-0.05, 0) is 11.8 Å². The van der Waals surface area contributed by atoms with Gasteiger partial charge in [0.05, 0.1) is 0 Å². The predicted octanol–water partition coefficient (Wildman–Crippen LogP) is 1.53. The summed E-state index contributed by atoms with van der Waals surface area (Å²) >= 11 is 0. The van der Waals surface area contributed by atoms with Gasteiger partial charge in [0.25, 0.3) is 0 Å². The molecule has 0 bridgehead atoms. The van der Waals surface area contributed by atoms with E-state index in [1.165, 1.54) is 0 Å². The van der Waals surface area contributed by atoms with Gasteiger partial charge in [-0.1, -0.05) is 19.0 Å². The van der Waals surface area contributed by atoms with E-state index in [4.69, 9.17) is 9.63 Å². The number of carboxylic acid groups (broad SMARTS) is 1. The van der Waals surface area contributed by atoms with E-state index in [1.54, 1.807) is 0 Å². The number of hydrogen-bond donors (Lipinski definition) is 1. The Balaban J connectivity index is 2.54. The number of ketones is 1. The van der Waals surface area contributed by atoms with Crippen LogP contribution in [0, 0.1) is 5.41 Å². The lowest BCUT2D eigenvalue weighted by atomic mass is 9.75. The second-order valence-corrected chi connectivity index (χ2v) is 4.58. The lowest BCUT2D eigenvalue weighted by Crippen LogP contribution is -2.27. The Morgan fingerprint density at radius 3 is 2.73 bits per heavy atom. The third-order valence-corrected chi connectivity index (χ3v) is 2.54. The summed E-state index contributed by atoms with van der Waals surface area (Å²) in [5, 5.41) is 12.3. The van der Waals surface area contributed by atoms with Crippen molar-refractivity contribution >= 4 is 11.8 Å². The lowest BCUT2D eigenvalue weighted by Gasteiger charge is -2.26. The summed E-state index contributed by atoms with van der Waals surface area (Å²) < 4.78 is 4.77. The molecular weight excluding hydrogens is 198 g/mol. The van der Waals surface area contributed by atoms with E-state index in [1.807, 2.05) is 13.8 Å². The lowest BCUT2D eigenvalue weighted by molar-refractivity contribution is 0.0684. The van der Waals surface area contributed by atoms with Crippen LogP contribution < -0.4 is 0 Å². The zero-order valence-electron chi connectivity index (χ0n) is 8.53. The molecule has 1 aliphatic rings. The van der Waals surface area contributed by atoms with E-state index in [2.05, 4.69) is 5.16 Å². The molecule has 0 saturated carbocycles. The molecule has 0 spiro atoms. The molecule has 0 amide bonds. The molecule has 0 atom stereocenters. The standard InChI is InChI=1S/C10H11NO4/c1-10(2)3-5-7(9(13)14)11-15-8(5)6(12)4-10/h3-4H2,1-2H3,(H,13,14). The maximum atomic E-state index is 11.6. The third kappa shape index (κ3) is 1.54. The van der Waals surface area contributed by atoms with Crippen molar-refractivity contribution in [3.63, 3.8) is 0 Å². The van der Waals surface area contributed by atoms with Crippen LogP contribution in [0.25, 0.3) is 0 Å². The van der Waals surface area contributed by atoms with Crippen molar-refractivity contribution in [1.82, 2.24) is 5.16 Å². The van der Waals surface area contributed by atoms with Crippen LogP contribution in [0.4, 0.5) is 0 Å². The number of fused-ring (bicyclic) bond motifs is 1. The van der Waals surface area contributed by atoms with Gasteiger partial charge in [-0.3, -0.25) is 4.79 Å². The first-order valence-corrected chi connectivity index (χ1v) is 4.66. The molecule has 2 rings (SSSR count). The average Bonchev–Trinajstić information content (AvgIpc) is 2.45. The van der Waals surface area contributed by atoms with E-state index in [9.17, 15) is 9.59 Å². The van der Waals surface area contributed by atoms with Crippen LogP contribution in [-0.4, -0.2) is 22.0 Å². The number of aromatic carboxylic acids is 1. The van der Waals surface area contributed by atoms with Crippen LogP contribution in [0.5, 0.6) is 0 Å². The van der Waals surface area contributed by atoms with Crippen molar-refractivity contribution in [3.05, 3.63) is 17.0 Å². The molecule has 1 aromatic heterocycles. The third-order valence-electron chi connectivity index (χ3n) is 2.54. The van der Waals surface area contributed by atoms with E-state index in [0.717, 1.165) is 0 Å². The van der Waals surface area contributed by atoms with E-state index >= 15 is 0 Å². The number of carbonyl (C=O) groups is 2. The molecular formula is C10H11NO4. The molecule has 1 heterocycles. The second kappa shape index (κ2) is 2.92. The summed E-state index contributed by atoms with van der Waals surface area (Å²) in [6.45, 7) is 3.85. The highest BCUT2D eigenvalue weighted by atomic mass is 16.5. The SMILES string of the molecule is CC1(C)CC(=O)c2onc(C(=O)O)c2C1. The Kier molecular flexibility index (Phi) is 1.92. The molecule has 80 valence electrons. The Morgan fingerprint density at radius 1 is 1.47 bits per heavy atom. The van der Waals surface area contributed by atoms with E-state index in [0.29, 0.717) is 18.4 Å². The van der Waals surface area contributed by atoms with Crippen molar-refractivity contribution in [2.45, 2.75) is 26.7 Å². The molecule has 1 aliphatic carbocycles. The largest absolute Gasteiger partial charge is 0.476 e. The molecule has 0 fully saturated rings. The second-order valence-electron chi connectivity index (χ2n) is 4.58.